The maximum absolute atomic E-state index is 13.9. The van der Waals surface area contributed by atoms with Gasteiger partial charge in [0, 0.05) is 19.0 Å². The summed E-state index contributed by atoms with van der Waals surface area (Å²) in [6.45, 7) is 6.32. The lowest BCUT2D eigenvalue weighted by Gasteiger charge is -2.24. The van der Waals surface area contributed by atoms with Crippen molar-refractivity contribution >= 4 is 11.6 Å². The van der Waals surface area contributed by atoms with Crippen LogP contribution in [0.25, 0.3) is 5.70 Å². The molecule has 2 unspecified atom stereocenters. The van der Waals surface area contributed by atoms with Crippen molar-refractivity contribution in [2.24, 2.45) is 5.73 Å². The number of nitrogens with two attached hydrogens (primary N) is 1. The van der Waals surface area contributed by atoms with Gasteiger partial charge >= 0.3 is 0 Å². The molecule has 30 heavy (non-hydrogen) atoms. The van der Waals surface area contributed by atoms with E-state index in [4.69, 9.17) is 5.73 Å². The van der Waals surface area contributed by atoms with E-state index >= 15 is 0 Å². The van der Waals surface area contributed by atoms with Gasteiger partial charge in [0.2, 0.25) is 5.91 Å². The molecule has 1 fully saturated rings. The fourth-order valence-electron chi connectivity index (χ4n) is 3.79. The van der Waals surface area contributed by atoms with Crippen LogP contribution in [0.1, 0.15) is 43.5 Å². The maximum Gasteiger partial charge on any atom is 0.224 e. The molecular weight excluding hydrogens is 381 g/mol. The molecule has 1 amide bonds. The first-order valence-electron chi connectivity index (χ1n) is 10.2. The van der Waals surface area contributed by atoms with Gasteiger partial charge in [-0.25, -0.2) is 9.07 Å². The maximum atomic E-state index is 13.9. The molecular formula is C23H28FN5O. The Morgan fingerprint density at radius 3 is 2.97 bits per heavy atom. The monoisotopic (exact) mass is 409 g/mol. The number of hydrogen-bond acceptors (Lipinski definition) is 4. The number of aromatic nitrogens is 3. The molecule has 1 aliphatic rings. The summed E-state index contributed by atoms with van der Waals surface area (Å²) < 4.78 is 15.5. The summed E-state index contributed by atoms with van der Waals surface area (Å²) in [5.74, 6) is -0.327. The molecule has 0 bridgehead atoms. The molecule has 1 aliphatic heterocycles. The van der Waals surface area contributed by atoms with Gasteiger partial charge in [-0.05, 0) is 50.0 Å². The number of allylic oxidation sites excluding steroid dienone is 5. The van der Waals surface area contributed by atoms with Crippen LogP contribution in [0, 0.1) is 5.82 Å². The summed E-state index contributed by atoms with van der Waals surface area (Å²) in [7, 11) is 0. The standard InChI is InChI=1S/C23H28FN5O/c1-3-8-19(9-4-2)29-16-21(26-27-29)22-12-7-13-28(22)23(30)15-18(25)14-17-10-5-6-11-20(17)24/h3-6,8-11,16,18,22H,1,7,12-15,25H2,2H3. The lowest BCUT2D eigenvalue weighted by atomic mass is 10.0. The van der Waals surface area contributed by atoms with Gasteiger partial charge in [-0.15, -0.1) is 5.10 Å². The predicted molar refractivity (Wildman–Crippen MR) is 116 cm³/mol. The highest BCUT2D eigenvalue weighted by Gasteiger charge is 2.32. The Hall–Kier alpha value is -3.06. The van der Waals surface area contributed by atoms with Crippen LogP contribution in [0.2, 0.25) is 0 Å². The summed E-state index contributed by atoms with van der Waals surface area (Å²) in [5, 5.41) is 8.52. The van der Waals surface area contributed by atoms with Crippen LogP contribution in [-0.4, -0.2) is 38.4 Å². The second-order valence-corrected chi connectivity index (χ2v) is 7.42. The van der Waals surface area contributed by atoms with Gasteiger partial charge in [0.25, 0.3) is 0 Å². The van der Waals surface area contributed by atoms with Crippen molar-refractivity contribution in [2.45, 2.75) is 44.7 Å². The van der Waals surface area contributed by atoms with E-state index in [0.717, 1.165) is 24.2 Å². The molecule has 0 radical (unpaired) electrons. The van der Waals surface area contributed by atoms with E-state index in [9.17, 15) is 9.18 Å². The average Bonchev–Trinajstić information content (AvgIpc) is 3.39. The Labute approximate surface area is 176 Å². The van der Waals surface area contributed by atoms with E-state index in [2.05, 4.69) is 16.9 Å². The summed E-state index contributed by atoms with van der Waals surface area (Å²) in [4.78, 5) is 14.7. The zero-order valence-electron chi connectivity index (χ0n) is 17.2. The van der Waals surface area contributed by atoms with Crippen LogP contribution < -0.4 is 5.73 Å². The molecule has 3 rings (SSSR count). The topological polar surface area (TPSA) is 77.0 Å². The SMILES string of the molecule is C=CC=C(C=CC)n1cc(C2CCCN2C(=O)CC(N)Cc2ccccc2F)nn1. The summed E-state index contributed by atoms with van der Waals surface area (Å²) >= 11 is 0. The molecule has 2 aromatic rings. The third-order valence-electron chi connectivity index (χ3n) is 5.19. The molecule has 0 aliphatic carbocycles. The first kappa shape index (κ1) is 21.6. The van der Waals surface area contributed by atoms with Gasteiger partial charge in [0.15, 0.2) is 0 Å². The molecule has 7 heteroatoms. The van der Waals surface area contributed by atoms with Crippen molar-refractivity contribution in [3.63, 3.8) is 0 Å². The Bertz CT molecular complexity index is 949. The quantitative estimate of drug-likeness (QED) is 0.675. The van der Waals surface area contributed by atoms with Crippen LogP contribution in [0.4, 0.5) is 4.39 Å². The van der Waals surface area contributed by atoms with E-state index in [1.54, 1.807) is 29.0 Å². The van der Waals surface area contributed by atoms with Gasteiger partial charge in [-0.2, -0.15) is 0 Å². The van der Waals surface area contributed by atoms with Gasteiger partial charge < -0.3 is 10.6 Å². The van der Waals surface area contributed by atoms with Crippen LogP contribution in [0.15, 0.2) is 61.3 Å². The van der Waals surface area contributed by atoms with Gasteiger partial charge in [0.1, 0.15) is 11.5 Å². The third-order valence-corrected chi connectivity index (χ3v) is 5.19. The minimum Gasteiger partial charge on any atom is -0.334 e. The minimum atomic E-state index is -0.442. The lowest BCUT2D eigenvalue weighted by Crippen LogP contribution is -2.36. The number of likely N-dealkylation sites (tertiary alicyclic amines) is 1. The Morgan fingerprint density at radius 2 is 2.23 bits per heavy atom. The third kappa shape index (κ3) is 5.10. The number of nitrogens with zero attached hydrogens (tertiary/aromatic N) is 4. The van der Waals surface area contributed by atoms with E-state index < -0.39 is 6.04 Å². The predicted octanol–water partition coefficient (Wildman–Crippen LogP) is 3.64. The second-order valence-electron chi connectivity index (χ2n) is 7.42. The van der Waals surface area contributed by atoms with Gasteiger partial charge in [-0.1, -0.05) is 42.1 Å². The highest BCUT2D eigenvalue weighted by molar-refractivity contribution is 5.77. The molecule has 2 heterocycles. The summed E-state index contributed by atoms with van der Waals surface area (Å²) in [5.41, 5.74) is 8.29. The smallest absolute Gasteiger partial charge is 0.224 e. The zero-order valence-corrected chi connectivity index (χ0v) is 17.2. The number of carbonyl (C=O) groups excluding carboxylic acids is 1. The Morgan fingerprint density at radius 1 is 1.43 bits per heavy atom. The molecule has 0 spiro atoms. The average molecular weight is 410 g/mol. The van der Waals surface area contributed by atoms with Crippen LogP contribution >= 0.6 is 0 Å². The minimum absolute atomic E-state index is 0.0359. The molecule has 2 atom stereocenters. The lowest BCUT2D eigenvalue weighted by molar-refractivity contribution is -0.132. The number of hydrogen-bond donors (Lipinski definition) is 1. The fraction of sp³-hybridized carbons (Fsp3) is 0.348. The number of benzene rings is 1. The van der Waals surface area contributed by atoms with Crippen molar-refractivity contribution in [2.75, 3.05) is 6.54 Å². The molecule has 1 saturated heterocycles. The first-order chi connectivity index (χ1) is 14.5. The van der Waals surface area contributed by atoms with Crippen molar-refractivity contribution in [3.05, 3.63) is 78.4 Å². The van der Waals surface area contributed by atoms with Crippen LogP contribution in [0.5, 0.6) is 0 Å². The van der Waals surface area contributed by atoms with Crippen molar-refractivity contribution in [3.8, 4) is 0 Å². The molecule has 0 saturated carbocycles. The van der Waals surface area contributed by atoms with E-state index in [-0.39, 0.29) is 24.2 Å². The second kappa shape index (κ2) is 10.1. The molecule has 2 N–H and O–H groups in total. The molecule has 6 nitrogen and oxygen atoms in total. The van der Waals surface area contributed by atoms with Crippen molar-refractivity contribution < 1.29 is 9.18 Å². The molecule has 1 aromatic carbocycles. The number of carbonyl (C=O) groups is 1. The van der Waals surface area contributed by atoms with Gasteiger partial charge in [-0.3, -0.25) is 4.79 Å². The van der Waals surface area contributed by atoms with E-state index in [1.807, 2.05) is 36.2 Å². The van der Waals surface area contributed by atoms with E-state index in [0.29, 0.717) is 18.5 Å². The first-order valence-corrected chi connectivity index (χ1v) is 10.2. The van der Waals surface area contributed by atoms with Crippen molar-refractivity contribution in [1.29, 1.82) is 0 Å². The normalized spacial score (nSPS) is 18.2. The summed E-state index contributed by atoms with van der Waals surface area (Å²) in [6.07, 6.45) is 11.4. The number of halogens is 1. The van der Waals surface area contributed by atoms with E-state index in [1.165, 1.54) is 6.07 Å². The van der Waals surface area contributed by atoms with Crippen molar-refractivity contribution in [1.82, 2.24) is 19.9 Å². The summed E-state index contributed by atoms with van der Waals surface area (Å²) in [6, 6.07) is 5.96. The van der Waals surface area contributed by atoms with Crippen LogP contribution in [0.3, 0.4) is 0 Å². The molecule has 1 aromatic heterocycles. The highest BCUT2D eigenvalue weighted by Crippen LogP contribution is 2.31. The van der Waals surface area contributed by atoms with Gasteiger partial charge in [0.05, 0.1) is 17.9 Å². The van der Waals surface area contributed by atoms with Crippen LogP contribution in [-0.2, 0) is 11.2 Å². The number of rotatable bonds is 8. The number of amides is 1. The Kier molecular flexibility index (Phi) is 7.30. The highest BCUT2D eigenvalue weighted by atomic mass is 19.1. The molecule has 158 valence electrons. The fourth-order valence-corrected chi connectivity index (χ4v) is 3.79. The Balaban J connectivity index is 1.68. The largest absolute Gasteiger partial charge is 0.334 e. The zero-order chi connectivity index (χ0) is 21.5.